The van der Waals surface area contributed by atoms with Gasteiger partial charge in [-0.25, -0.2) is 13.8 Å². The summed E-state index contributed by atoms with van der Waals surface area (Å²) in [4.78, 5) is 24.0. The molecule has 1 amide bonds. The number of aromatic nitrogens is 1. The first-order chi connectivity index (χ1) is 19.5. The zero-order chi connectivity index (χ0) is 27.9. The fourth-order valence-electron chi connectivity index (χ4n) is 5.37. The maximum Gasteiger partial charge on any atom is 0.253 e. The predicted octanol–water partition coefficient (Wildman–Crippen LogP) is 4.85. The third-order valence-electron chi connectivity index (χ3n) is 7.58. The maximum absolute atomic E-state index is 14.0. The number of para-hydroxylation sites is 1. The molecule has 2 fully saturated rings. The van der Waals surface area contributed by atoms with Gasteiger partial charge in [0.25, 0.3) is 5.91 Å². The molecule has 0 unspecified atom stereocenters. The summed E-state index contributed by atoms with van der Waals surface area (Å²) < 4.78 is 32.8. The van der Waals surface area contributed by atoms with E-state index in [9.17, 15) is 13.6 Å². The molecule has 3 heterocycles. The molecule has 214 valence electrons. The van der Waals surface area contributed by atoms with Gasteiger partial charge < -0.3 is 15.0 Å². The van der Waals surface area contributed by atoms with E-state index in [-0.39, 0.29) is 7.33 Å². The van der Waals surface area contributed by atoms with Crippen LogP contribution < -0.4 is 15.0 Å². The number of amides is 1. The van der Waals surface area contributed by atoms with Crippen LogP contribution in [0.1, 0.15) is 30.2 Å². The van der Waals surface area contributed by atoms with Crippen LogP contribution in [-0.2, 0) is 6.54 Å². The van der Waals surface area contributed by atoms with Gasteiger partial charge in [-0.05, 0) is 50.2 Å². The molecule has 0 bridgehead atoms. The van der Waals surface area contributed by atoms with Gasteiger partial charge in [0, 0.05) is 58.0 Å². The van der Waals surface area contributed by atoms with Crippen LogP contribution >= 0.6 is 11.6 Å². The number of rotatable bonds is 9. The highest BCUT2D eigenvalue weighted by Gasteiger charge is 2.29. The molecular weight excluding hydrogens is 536 g/mol. The van der Waals surface area contributed by atoms with E-state index >= 15 is 0 Å². The lowest BCUT2D eigenvalue weighted by atomic mass is 10.0. The minimum atomic E-state index is -0.544. The van der Waals surface area contributed by atoms with Gasteiger partial charge in [0.15, 0.2) is 0 Å². The molecule has 2 aliphatic rings. The van der Waals surface area contributed by atoms with E-state index in [1.54, 1.807) is 12.3 Å². The molecule has 2 saturated heterocycles. The number of piperazine rings is 1. The van der Waals surface area contributed by atoms with E-state index in [1.165, 1.54) is 12.1 Å². The lowest BCUT2D eigenvalue weighted by Crippen LogP contribution is -2.53. The van der Waals surface area contributed by atoms with E-state index < -0.39 is 11.6 Å². The number of carbonyl (C=O) groups excluding carboxylic acids is 1. The molecule has 1 aromatic heterocycles. The SMILES string of the molecule is O=C(NCCOc1ccccc1)c1cnc(N2CCN(C3CCN(Cc4ccc(F)cc4F)CC3)CC2)c(Cl)c1.[HH]. The Labute approximate surface area is 240 Å². The minimum absolute atomic E-state index is 0. The van der Waals surface area contributed by atoms with Crippen LogP contribution in [0, 0.1) is 11.6 Å². The average Bonchev–Trinajstić information content (AvgIpc) is 2.98. The number of anilines is 1. The Hall–Kier alpha value is -3.27. The molecule has 5 rings (SSSR count). The number of hydrogen-bond acceptors (Lipinski definition) is 6. The van der Waals surface area contributed by atoms with Crippen LogP contribution in [0.15, 0.2) is 60.8 Å². The first-order valence-electron chi connectivity index (χ1n) is 13.7. The third-order valence-corrected chi connectivity index (χ3v) is 7.86. The summed E-state index contributed by atoms with van der Waals surface area (Å²) in [6, 6.07) is 15.4. The first-order valence-corrected chi connectivity index (χ1v) is 14.1. The van der Waals surface area contributed by atoms with E-state index in [4.69, 9.17) is 16.3 Å². The lowest BCUT2D eigenvalue weighted by Gasteiger charge is -2.43. The van der Waals surface area contributed by atoms with Gasteiger partial charge in [0.1, 0.15) is 29.8 Å². The summed E-state index contributed by atoms with van der Waals surface area (Å²) in [7, 11) is 0. The highest BCUT2D eigenvalue weighted by Crippen LogP contribution is 2.27. The van der Waals surface area contributed by atoms with Crippen molar-refractivity contribution >= 4 is 23.3 Å². The van der Waals surface area contributed by atoms with Crippen LogP contribution in [0.25, 0.3) is 0 Å². The van der Waals surface area contributed by atoms with Crippen LogP contribution in [0.3, 0.4) is 0 Å². The van der Waals surface area contributed by atoms with Crippen molar-refractivity contribution < 1.29 is 19.7 Å². The van der Waals surface area contributed by atoms with Gasteiger partial charge in [-0.3, -0.25) is 14.6 Å². The number of piperidine rings is 1. The molecule has 40 heavy (non-hydrogen) atoms. The number of benzene rings is 2. The van der Waals surface area contributed by atoms with Crippen molar-refractivity contribution in [3.63, 3.8) is 0 Å². The van der Waals surface area contributed by atoms with Crippen LogP contribution in [0.4, 0.5) is 14.6 Å². The number of ether oxygens (including phenoxy) is 1. The summed E-state index contributed by atoms with van der Waals surface area (Å²) in [6.07, 6.45) is 3.60. The summed E-state index contributed by atoms with van der Waals surface area (Å²) in [5.41, 5.74) is 0.956. The summed E-state index contributed by atoms with van der Waals surface area (Å²) >= 11 is 6.56. The van der Waals surface area contributed by atoms with Crippen molar-refractivity contribution in [2.24, 2.45) is 0 Å². The highest BCUT2D eigenvalue weighted by atomic mass is 35.5. The monoisotopic (exact) mass is 571 g/mol. The van der Waals surface area contributed by atoms with Crippen LogP contribution in [0.5, 0.6) is 5.75 Å². The number of hydrogen-bond donors (Lipinski definition) is 1. The summed E-state index contributed by atoms with van der Waals surface area (Å²) in [5, 5.41) is 3.30. The lowest BCUT2D eigenvalue weighted by molar-refractivity contribution is 0.0946. The standard InChI is InChI=1S/C30H34ClF2N5O2.H2/c31-27-18-23(30(39)34-10-17-40-26-4-2-1-3-5-26)20-35-29(27)38-15-13-37(14-16-38)25-8-11-36(12-9-25)21-22-6-7-24(32)19-28(22)33;/h1-7,18-20,25H,8-17,21H2,(H,34,39);1H. The van der Waals surface area contributed by atoms with Gasteiger partial charge >= 0.3 is 0 Å². The average molecular weight is 572 g/mol. The van der Waals surface area contributed by atoms with Crippen molar-refractivity contribution in [2.75, 3.05) is 57.3 Å². The zero-order valence-electron chi connectivity index (χ0n) is 22.4. The smallest absolute Gasteiger partial charge is 0.253 e. The molecule has 3 aromatic rings. The van der Waals surface area contributed by atoms with Crippen molar-refractivity contribution in [3.8, 4) is 5.75 Å². The normalized spacial score (nSPS) is 17.1. The zero-order valence-corrected chi connectivity index (χ0v) is 23.1. The van der Waals surface area contributed by atoms with Gasteiger partial charge in [-0.1, -0.05) is 35.9 Å². The molecule has 0 spiro atoms. The summed E-state index contributed by atoms with van der Waals surface area (Å²) in [5.74, 6) is 0.192. The number of carbonyl (C=O) groups is 1. The molecule has 0 radical (unpaired) electrons. The number of nitrogens with one attached hydrogen (secondary N) is 1. The van der Waals surface area contributed by atoms with Crippen molar-refractivity contribution in [1.82, 2.24) is 20.1 Å². The molecular formula is C30H36ClF2N5O2. The fraction of sp³-hybridized carbons (Fsp3) is 0.400. The highest BCUT2D eigenvalue weighted by molar-refractivity contribution is 6.33. The number of pyridine rings is 1. The Morgan fingerprint density at radius 3 is 2.48 bits per heavy atom. The fourth-order valence-corrected chi connectivity index (χ4v) is 5.66. The molecule has 0 saturated carbocycles. The summed E-state index contributed by atoms with van der Waals surface area (Å²) in [6.45, 7) is 6.42. The van der Waals surface area contributed by atoms with Crippen LogP contribution in [0.2, 0.25) is 5.02 Å². The Kier molecular flexibility index (Phi) is 9.46. The van der Waals surface area contributed by atoms with Gasteiger partial charge in [-0.2, -0.15) is 0 Å². The Morgan fingerprint density at radius 1 is 1.02 bits per heavy atom. The van der Waals surface area contributed by atoms with E-state index in [1.807, 2.05) is 30.3 Å². The van der Waals surface area contributed by atoms with Crippen molar-refractivity contribution in [1.29, 1.82) is 0 Å². The number of likely N-dealkylation sites (tertiary alicyclic amines) is 1. The second kappa shape index (κ2) is 13.4. The molecule has 2 aromatic carbocycles. The van der Waals surface area contributed by atoms with Crippen LogP contribution in [-0.4, -0.2) is 79.2 Å². The second-order valence-electron chi connectivity index (χ2n) is 10.2. The van der Waals surface area contributed by atoms with E-state index in [2.05, 4.69) is 25.0 Å². The topological polar surface area (TPSA) is 60.9 Å². The van der Waals surface area contributed by atoms with Gasteiger partial charge in [0.05, 0.1) is 17.1 Å². The second-order valence-corrected chi connectivity index (χ2v) is 10.6. The Bertz CT molecular complexity index is 1290. The van der Waals surface area contributed by atoms with Crippen molar-refractivity contribution in [2.45, 2.75) is 25.4 Å². The Balaban J connectivity index is 0.00000387. The quantitative estimate of drug-likeness (QED) is 0.370. The molecule has 0 atom stereocenters. The Morgan fingerprint density at radius 2 is 1.77 bits per heavy atom. The van der Waals surface area contributed by atoms with E-state index in [0.29, 0.717) is 47.7 Å². The van der Waals surface area contributed by atoms with Crippen molar-refractivity contribution in [3.05, 3.63) is 88.6 Å². The van der Waals surface area contributed by atoms with Gasteiger partial charge in [0.2, 0.25) is 0 Å². The number of nitrogens with zero attached hydrogens (tertiary/aromatic N) is 4. The third kappa shape index (κ3) is 7.27. The minimum Gasteiger partial charge on any atom is -0.492 e. The molecule has 7 nitrogen and oxygen atoms in total. The molecule has 2 aliphatic heterocycles. The van der Waals surface area contributed by atoms with E-state index in [0.717, 1.165) is 63.9 Å². The predicted molar refractivity (Wildman–Crippen MR) is 154 cm³/mol. The first kappa shape index (κ1) is 28.3. The number of halogens is 3. The molecule has 10 heteroatoms. The molecule has 1 N–H and O–H groups in total. The van der Waals surface area contributed by atoms with Gasteiger partial charge in [-0.15, -0.1) is 0 Å². The molecule has 0 aliphatic carbocycles. The largest absolute Gasteiger partial charge is 0.492 e. The maximum atomic E-state index is 14.0.